The Morgan fingerprint density at radius 2 is 2.31 bits per heavy atom. The maximum atomic E-state index is 11.3. The Labute approximate surface area is 91.2 Å². The molecule has 1 aromatic rings. The Balaban J connectivity index is 3.20. The molecule has 7 nitrogen and oxygen atoms in total. The SMILES string of the molecule is CCOc1ncc([N+](=O)[O-])cc1C(=O)OC. The number of rotatable bonds is 4. The van der Waals surface area contributed by atoms with Crippen LogP contribution in [0.1, 0.15) is 17.3 Å². The summed E-state index contributed by atoms with van der Waals surface area (Å²) >= 11 is 0. The molecule has 0 aromatic carbocycles. The van der Waals surface area contributed by atoms with Gasteiger partial charge in [-0.05, 0) is 6.92 Å². The number of esters is 1. The van der Waals surface area contributed by atoms with Crippen LogP contribution in [0.2, 0.25) is 0 Å². The minimum atomic E-state index is -0.723. The highest BCUT2D eigenvalue weighted by Crippen LogP contribution is 2.21. The molecule has 1 rings (SSSR count). The molecule has 0 saturated heterocycles. The molecule has 0 unspecified atom stereocenters. The molecule has 0 bridgehead atoms. The van der Waals surface area contributed by atoms with E-state index in [1.807, 2.05) is 0 Å². The quantitative estimate of drug-likeness (QED) is 0.434. The smallest absolute Gasteiger partial charge is 0.343 e. The summed E-state index contributed by atoms with van der Waals surface area (Å²) in [5.41, 5.74) is -0.345. The first-order chi connectivity index (χ1) is 7.60. The van der Waals surface area contributed by atoms with Crippen LogP contribution < -0.4 is 4.74 Å². The number of ether oxygens (including phenoxy) is 2. The first-order valence-corrected chi connectivity index (χ1v) is 4.45. The van der Waals surface area contributed by atoms with Crippen LogP contribution in [-0.2, 0) is 4.74 Å². The molecule has 86 valence electrons. The normalized spacial score (nSPS) is 9.62. The number of hydrogen-bond donors (Lipinski definition) is 0. The number of nitro groups is 1. The lowest BCUT2D eigenvalue weighted by atomic mass is 10.2. The van der Waals surface area contributed by atoms with Gasteiger partial charge >= 0.3 is 5.97 Å². The van der Waals surface area contributed by atoms with Crippen LogP contribution in [0.25, 0.3) is 0 Å². The highest BCUT2D eigenvalue weighted by molar-refractivity contribution is 5.92. The second-order valence-corrected chi connectivity index (χ2v) is 2.73. The Kier molecular flexibility index (Phi) is 3.76. The fraction of sp³-hybridized carbons (Fsp3) is 0.333. The largest absolute Gasteiger partial charge is 0.477 e. The first-order valence-electron chi connectivity index (χ1n) is 4.45. The topological polar surface area (TPSA) is 91.6 Å². The highest BCUT2D eigenvalue weighted by atomic mass is 16.6. The number of carbonyl (C=O) groups is 1. The van der Waals surface area contributed by atoms with Crippen LogP contribution in [0.5, 0.6) is 5.88 Å². The third-order valence-electron chi connectivity index (χ3n) is 1.73. The lowest BCUT2D eigenvalue weighted by Gasteiger charge is -2.06. The van der Waals surface area contributed by atoms with Crippen molar-refractivity contribution in [3.05, 3.63) is 27.9 Å². The number of aromatic nitrogens is 1. The van der Waals surface area contributed by atoms with Crippen molar-refractivity contribution in [2.75, 3.05) is 13.7 Å². The molecule has 1 aromatic heterocycles. The van der Waals surface area contributed by atoms with Crippen molar-refractivity contribution >= 4 is 11.7 Å². The van der Waals surface area contributed by atoms with Gasteiger partial charge in [0.05, 0.1) is 18.6 Å². The number of methoxy groups -OCH3 is 1. The minimum Gasteiger partial charge on any atom is -0.477 e. The molecule has 0 radical (unpaired) electrons. The van der Waals surface area contributed by atoms with E-state index >= 15 is 0 Å². The Morgan fingerprint density at radius 1 is 1.62 bits per heavy atom. The third-order valence-corrected chi connectivity index (χ3v) is 1.73. The molecule has 16 heavy (non-hydrogen) atoms. The molecule has 1 heterocycles. The van der Waals surface area contributed by atoms with Crippen molar-refractivity contribution in [2.24, 2.45) is 0 Å². The summed E-state index contributed by atoms with van der Waals surface area (Å²) in [6.45, 7) is 2.01. The molecule has 7 heteroatoms. The molecule has 0 fully saturated rings. The van der Waals surface area contributed by atoms with E-state index in [0.29, 0.717) is 6.61 Å². The summed E-state index contributed by atoms with van der Waals surface area (Å²) in [5, 5.41) is 10.5. The number of pyridine rings is 1. The van der Waals surface area contributed by atoms with Gasteiger partial charge in [0, 0.05) is 6.07 Å². The lowest BCUT2D eigenvalue weighted by Crippen LogP contribution is -2.08. The molecule has 0 saturated carbocycles. The fourth-order valence-corrected chi connectivity index (χ4v) is 1.05. The van der Waals surface area contributed by atoms with Crippen molar-refractivity contribution in [1.29, 1.82) is 0 Å². The van der Waals surface area contributed by atoms with E-state index < -0.39 is 10.9 Å². The molecule has 0 aliphatic rings. The second kappa shape index (κ2) is 5.06. The van der Waals surface area contributed by atoms with Gasteiger partial charge in [0.25, 0.3) is 5.69 Å². The molecular weight excluding hydrogens is 216 g/mol. The Hall–Kier alpha value is -2.18. The zero-order valence-corrected chi connectivity index (χ0v) is 8.80. The minimum absolute atomic E-state index is 0.0277. The molecule has 0 aliphatic heterocycles. The van der Waals surface area contributed by atoms with Crippen LogP contribution in [0, 0.1) is 10.1 Å². The maximum absolute atomic E-state index is 11.3. The van der Waals surface area contributed by atoms with Crippen LogP contribution in [0.3, 0.4) is 0 Å². The predicted octanol–water partition coefficient (Wildman–Crippen LogP) is 1.18. The van der Waals surface area contributed by atoms with E-state index in [2.05, 4.69) is 9.72 Å². The van der Waals surface area contributed by atoms with Crippen LogP contribution in [-0.4, -0.2) is 29.6 Å². The van der Waals surface area contributed by atoms with Gasteiger partial charge in [-0.25, -0.2) is 9.78 Å². The Bertz CT molecular complexity index is 418. The summed E-state index contributed by atoms with van der Waals surface area (Å²) in [5.74, 6) is -0.695. The summed E-state index contributed by atoms with van der Waals surface area (Å²) in [6.07, 6.45) is 1.03. The summed E-state index contributed by atoms with van der Waals surface area (Å²) < 4.78 is 9.54. The van der Waals surface area contributed by atoms with Crippen molar-refractivity contribution in [1.82, 2.24) is 4.98 Å². The van der Waals surface area contributed by atoms with Crippen molar-refractivity contribution < 1.29 is 19.2 Å². The third kappa shape index (κ3) is 2.44. The van der Waals surface area contributed by atoms with Crippen LogP contribution in [0.4, 0.5) is 5.69 Å². The average molecular weight is 226 g/mol. The second-order valence-electron chi connectivity index (χ2n) is 2.73. The van der Waals surface area contributed by atoms with Crippen LogP contribution in [0.15, 0.2) is 12.3 Å². The van der Waals surface area contributed by atoms with E-state index in [4.69, 9.17) is 4.74 Å². The van der Waals surface area contributed by atoms with Gasteiger partial charge in [-0.3, -0.25) is 10.1 Å². The van der Waals surface area contributed by atoms with Gasteiger partial charge in [-0.2, -0.15) is 0 Å². The van der Waals surface area contributed by atoms with E-state index in [-0.39, 0.29) is 17.1 Å². The monoisotopic (exact) mass is 226 g/mol. The van der Waals surface area contributed by atoms with Crippen molar-refractivity contribution in [3.63, 3.8) is 0 Å². The summed E-state index contributed by atoms with van der Waals surface area (Å²) in [4.78, 5) is 24.9. The van der Waals surface area contributed by atoms with Crippen molar-refractivity contribution in [2.45, 2.75) is 6.92 Å². The molecule has 0 N–H and O–H groups in total. The van der Waals surface area contributed by atoms with E-state index in [1.54, 1.807) is 6.92 Å². The number of hydrogen-bond acceptors (Lipinski definition) is 6. The maximum Gasteiger partial charge on any atom is 0.343 e. The van der Waals surface area contributed by atoms with Gasteiger partial charge in [0.2, 0.25) is 5.88 Å². The van der Waals surface area contributed by atoms with Crippen LogP contribution >= 0.6 is 0 Å². The van der Waals surface area contributed by atoms with Gasteiger partial charge < -0.3 is 9.47 Å². The average Bonchev–Trinajstić information content (AvgIpc) is 2.28. The summed E-state index contributed by atoms with van der Waals surface area (Å²) in [7, 11) is 1.18. The van der Waals surface area contributed by atoms with Gasteiger partial charge in [-0.15, -0.1) is 0 Å². The predicted molar refractivity (Wildman–Crippen MR) is 53.4 cm³/mol. The summed E-state index contributed by atoms with van der Waals surface area (Å²) in [6, 6.07) is 1.07. The number of carbonyl (C=O) groups excluding carboxylic acids is 1. The standard InChI is InChI=1S/C9H10N2O5/c1-3-16-8-7(9(12)15-2)4-6(5-10-8)11(13)14/h4-5H,3H2,1-2H3. The zero-order valence-electron chi connectivity index (χ0n) is 8.80. The molecule has 0 atom stereocenters. The van der Waals surface area contributed by atoms with Gasteiger partial charge in [0.1, 0.15) is 11.8 Å². The lowest BCUT2D eigenvalue weighted by molar-refractivity contribution is -0.385. The van der Waals surface area contributed by atoms with E-state index in [1.165, 1.54) is 7.11 Å². The Morgan fingerprint density at radius 3 is 2.81 bits per heavy atom. The first kappa shape index (κ1) is 11.9. The van der Waals surface area contributed by atoms with E-state index in [0.717, 1.165) is 12.3 Å². The highest BCUT2D eigenvalue weighted by Gasteiger charge is 2.19. The number of nitrogens with zero attached hydrogens (tertiary/aromatic N) is 2. The van der Waals surface area contributed by atoms with Crippen molar-refractivity contribution in [3.8, 4) is 5.88 Å². The van der Waals surface area contributed by atoms with E-state index in [9.17, 15) is 14.9 Å². The fourth-order valence-electron chi connectivity index (χ4n) is 1.05. The van der Waals surface area contributed by atoms with Gasteiger partial charge in [0.15, 0.2) is 0 Å². The molecule has 0 spiro atoms. The molecule has 0 aliphatic carbocycles. The zero-order chi connectivity index (χ0) is 12.1. The molecular formula is C9H10N2O5. The van der Waals surface area contributed by atoms with Gasteiger partial charge in [-0.1, -0.05) is 0 Å². The molecule has 0 amide bonds.